The molecule has 49 heavy (non-hydrogen) atoms. The number of amides is 5. The van der Waals surface area contributed by atoms with E-state index in [9.17, 15) is 33.9 Å². The molecule has 6 atom stereocenters. The molecule has 5 amide bonds. The highest BCUT2D eigenvalue weighted by molar-refractivity contribution is 5.92. The predicted octanol–water partition coefficient (Wildman–Crippen LogP) is 2.80. The van der Waals surface area contributed by atoms with Gasteiger partial charge in [-0.15, -0.1) is 0 Å². The molecule has 1 rings (SSSR count). The van der Waals surface area contributed by atoms with Crippen LogP contribution in [-0.4, -0.2) is 76.0 Å². The van der Waals surface area contributed by atoms with Crippen molar-refractivity contribution in [2.24, 2.45) is 17.8 Å². The molecule has 0 unspecified atom stereocenters. The van der Waals surface area contributed by atoms with Gasteiger partial charge in [0.25, 0.3) is 0 Å². The highest BCUT2D eigenvalue weighted by Crippen LogP contribution is 2.14. The number of hydrogen-bond acceptors (Lipinski definition) is 7. The normalized spacial score (nSPS) is 14.9. The van der Waals surface area contributed by atoms with Crippen LogP contribution in [-0.2, 0) is 35.3 Å². The fraction of sp³-hybridized carbons (Fsp3) is 0.667. The van der Waals surface area contributed by atoms with Gasteiger partial charge in [-0.1, -0.05) is 91.6 Å². The molecule has 0 bridgehead atoms. The van der Waals surface area contributed by atoms with Crippen molar-refractivity contribution in [3.63, 3.8) is 0 Å². The lowest BCUT2D eigenvalue weighted by atomic mass is 9.95. The number of rotatable bonds is 23. The maximum Gasteiger partial charge on any atom is 0.303 e. The number of carboxylic acids is 1. The number of carbonyl (C=O) groups is 6. The van der Waals surface area contributed by atoms with Crippen LogP contribution in [0.1, 0.15) is 105 Å². The molecule has 0 aromatic heterocycles. The molecule has 0 heterocycles. The molecule has 0 spiro atoms. The summed E-state index contributed by atoms with van der Waals surface area (Å²) >= 11 is 0. The fourth-order valence-electron chi connectivity index (χ4n) is 5.26. The van der Waals surface area contributed by atoms with Crippen LogP contribution in [0.4, 0.5) is 0 Å². The van der Waals surface area contributed by atoms with Crippen LogP contribution in [0.25, 0.3) is 0 Å². The number of aliphatic hydroxyl groups is 1. The van der Waals surface area contributed by atoms with Crippen LogP contribution in [0.15, 0.2) is 30.3 Å². The molecule has 13 nitrogen and oxygen atoms in total. The predicted molar refractivity (Wildman–Crippen MR) is 187 cm³/mol. The van der Waals surface area contributed by atoms with E-state index in [-0.39, 0.29) is 55.8 Å². The Morgan fingerprint density at radius 3 is 1.94 bits per heavy atom. The van der Waals surface area contributed by atoms with Crippen LogP contribution in [0.3, 0.4) is 0 Å². The molecule has 0 fully saturated rings. The van der Waals surface area contributed by atoms with E-state index < -0.39 is 59.9 Å². The lowest BCUT2D eigenvalue weighted by Gasteiger charge is -2.30. The second-order valence-electron chi connectivity index (χ2n) is 13.5. The van der Waals surface area contributed by atoms with Crippen LogP contribution in [0, 0.1) is 17.8 Å². The zero-order valence-corrected chi connectivity index (χ0v) is 30.2. The van der Waals surface area contributed by atoms with Gasteiger partial charge in [0.1, 0.15) is 18.1 Å². The SMILES string of the molecule is CCC[C@H](NC(=O)[C@@H](NC(=O)CCCC(=O)O)[C@@H](C)CC)C(=O)N[C@@H](CC(C)C)[C@@H](O)CC(=O)N[C@H](C(=O)NCc1ccccc1)C(C)C. The summed E-state index contributed by atoms with van der Waals surface area (Å²) in [7, 11) is 0. The van der Waals surface area contributed by atoms with Gasteiger partial charge in [0.2, 0.25) is 29.5 Å². The largest absolute Gasteiger partial charge is 0.481 e. The van der Waals surface area contributed by atoms with E-state index in [1.807, 2.05) is 71.9 Å². The first-order valence-electron chi connectivity index (χ1n) is 17.5. The number of carboxylic acid groups (broad SMARTS) is 1. The molecule has 0 saturated heterocycles. The number of hydrogen-bond donors (Lipinski definition) is 7. The van der Waals surface area contributed by atoms with Crippen molar-refractivity contribution in [2.75, 3.05) is 0 Å². The van der Waals surface area contributed by atoms with E-state index >= 15 is 0 Å². The van der Waals surface area contributed by atoms with E-state index in [0.29, 0.717) is 25.8 Å². The summed E-state index contributed by atoms with van der Waals surface area (Å²) in [5, 5.41) is 33.9. The maximum atomic E-state index is 13.6. The maximum absolute atomic E-state index is 13.6. The Balaban J connectivity index is 2.96. The topological polar surface area (TPSA) is 203 Å². The minimum atomic E-state index is -1.28. The molecule has 0 aliphatic rings. The summed E-state index contributed by atoms with van der Waals surface area (Å²) in [6.07, 6.45) is 0.0320. The Hall–Kier alpha value is -4.00. The second kappa shape index (κ2) is 22.6. The number of aliphatic carboxylic acids is 1. The summed E-state index contributed by atoms with van der Waals surface area (Å²) in [5.41, 5.74) is 0.915. The lowest BCUT2D eigenvalue weighted by Crippen LogP contribution is -2.58. The van der Waals surface area contributed by atoms with Gasteiger partial charge in [-0.25, -0.2) is 0 Å². The summed E-state index contributed by atoms with van der Waals surface area (Å²) in [6, 6.07) is 5.83. The van der Waals surface area contributed by atoms with Crippen LogP contribution in [0.5, 0.6) is 0 Å². The molecule has 7 N–H and O–H groups in total. The van der Waals surface area contributed by atoms with Gasteiger partial charge in [0, 0.05) is 19.4 Å². The Bertz CT molecular complexity index is 1210. The van der Waals surface area contributed by atoms with Crippen LogP contribution < -0.4 is 26.6 Å². The van der Waals surface area contributed by atoms with E-state index in [4.69, 9.17) is 5.11 Å². The zero-order chi connectivity index (χ0) is 37.1. The van der Waals surface area contributed by atoms with Gasteiger partial charge >= 0.3 is 5.97 Å². The second-order valence-corrected chi connectivity index (χ2v) is 13.5. The molecule has 0 radical (unpaired) electrons. The summed E-state index contributed by atoms with van der Waals surface area (Å²) < 4.78 is 0. The monoisotopic (exact) mass is 689 g/mol. The zero-order valence-electron chi connectivity index (χ0n) is 30.2. The van der Waals surface area contributed by atoms with Gasteiger partial charge < -0.3 is 36.8 Å². The highest BCUT2D eigenvalue weighted by Gasteiger charge is 2.33. The third-order valence-electron chi connectivity index (χ3n) is 8.30. The highest BCUT2D eigenvalue weighted by atomic mass is 16.4. The van der Waals surface area contributed by atoms with E-state index in [0.717, 1.165) is 5.56 Å². The number of carbonyl (C=O) groups excluding carboxylic acids is 5. The van der Waals surface area contributed by atoms with Crippen molar-refractivity contribution in [1.82, 2.24) is 26.6 Å². The summed E-state index contributed by atoms with van der Waals surface area (Å²) in [5.74, 6) is -3.88. The van der Waals surface area contributed by atoms with Crippen LogP contribution in [0.2, 0.25) is 0 Å². The third-order valence-corrected chi connectivity index (χ3v) is 8.30. The first kappa shape index (κ1) is 43.0. The third kappa shape index (κ3) is 16.8. The smallest absolute Gasteiger partial charge is 0.303 e. The van der Waals surface area contributed by atoms with E-state index in [2.05, 4.69) is 26.6 Å². The van der Waals surface area contributed by atoms with Crippen molar-refractivity contribution in [1.29, 1.82) is 0 Å². The molecule has 0 aliphatic heterocycles. The molecule has 0 saturated carbocycles. The molecule has 0 aliphatic carbocycles. The van der Waals surface area contributed by atoms with Crippen molar-refractivity contribution in [3.8, 4) is 0 Å². The van der Waals surface area contributed by atoms with Gasteiger partial charge in [0.05, 0.1) is 18.6 Å². The Morgan fingerprint density at radius 2 is 1.39 bits per heavy atom. The molecule has 1 aromatic rings. The standard InChI is InChI=1S/C36H59N5O8/c1-8-14-26(38-36(49)33(24(7)9-2)40-29(43)17-13-18-31(45)46)34(47)39-27(19-22(3)4)28(42)20-30(44)41-32(23(5)6)35(48)37-21-25-15-11-10-12-16-25/h10-12,15-16,22-24,26-28,32-33,42H,8-9,13-14,17-21H2,1-7H3,(H,37,48)(H,38,49)(H,39,47)(H,40,43)(H,41,44)(H,45,46)/t24-,26-,27-,28-,32-,33-/m0/s1. The molecule has 1 aromatic carbocycles. The van der Waals surface area contributed by atoms with Crippen molar-refractivity contribution >= 4 is 35.5 Å². The number of benzene rings is 1. The van der Waals surface area contributed by atoms with Gasteiger partial charge in [0.15, 0.2) is 0 Å². The van der Waals surface area contributed by atoms with Gasteiger partial charge in [-0.2, -0.15) is 0 Å². The minimum Gasteiger partial charge on any atom is -0.481 e. The molecular formula is C36H59N5O8. The first-order valence-corrected chi connectivity index (χ1v) is 17.5. The molecule has 276 valence electrons. The minimum absolute atomic E-state index is 0.0422. The van der Waals surface area contributed by atoms with Crippen molar-refractivity contribution < 1.29 is 39.0 Å². The Morgan fingerprint density at radius 1 is 0.755 bits per heavy atom. The van der Waals surface area contributed by atoms with Gasteiger partial charge in [-0.3, -0.25) is 28.8 Å². The lowest BCUT2D eigenvalue weighted by molar-refractivity contribution is -0.137. The number of aliphatic hydroxyl groups excluding tert-OH is 1. The average Bonchev–Trinajstić information content (AvgIpc) is 3.03. The molecular weight excluding hydrogens is 630 g/mol. The van der Waals surface area contributed by atoms with Crippen molar-refractivity contribution in [2.45, 2.75) is 137 Å². The Kier molecular flexibility index (Phi) is 19.8. The van der Waals surface area contributed by atoms with E-state index in [1.165, 1.54) is 0 Å². The fourth-order valence-corrected chi connectivity index (χ4v) is 5.26. The Labute approximate surface area is 291 Å². The summed E-state index contributed by atoms with van der Waals surface area (Å²) in [6.45, 7) is 13.3. The van der Waals surface area contributed by atoms with Crippen molar-refractivity contribution in [3.05, 3.63) is 35.9 Å². The average molecular weight is 690 g/mol. The molecule has 13 heteroatoms. The summed E-state index contributed by atoms with van der Waals surface area (Å²) in [4.78, 5) is 76.3. The first-order chi connectivity index (χ1) is 23.1. The van der Waals surface area contributed by atoms with Crippen LogP contribution >= 0.6 is 0 Å². The van der Waals surface area contributed by atoms with E-state index in [1.54, 1.807) is 6.92 Å². The number of nitrogens with one attached hydrogen (secondary N) is 5. The van der Waals surface area contributed by atoms with Gasteiger partial charge in [-0.05, 0) is 42.6 Å². The quantitative estimate of drug-likeness (QED) is 0.0909.